The van der Waals surface area contributed by atoms with E-state index in [1.165, 1.54) is 0 Å². The maximum absolute atomic E-state index is 12.7. The van der Waals surface area contributed by atoms with E-state index in [0.717, 1.165) is 22.3 Å². The van der Waals surface area contributed by atoms with Crippen LogP contribution in [0.5, 0.6) is 0 Å². The molecule has 2 aliphatic rings. The number of hydrogen-bond acceptors (Lipinski definition) is 5. The molecule has 4 atom stereocenters. The van der Waals surface area contributed by atoms with Crippen LogP contribution >= 0.6 is 0 Å². The van der Waals surface area contributed by atoms with Crippen LogP contribution in [0.15, 0.2) is 48.5 Å². The molecule has 8 heteroatoms. The molecular weight excluding hydrogens is 436 g/mol. The normalized spacial score (nSPS) is 22.9. The first kappa shape index (κ1) is 23.8. The molecule has 2 amide bonds. The Balaban J connectivity index is 1.33. The predicted molar refractivity (Wildman–Crippen MR) is 125 cm³/mol. The van der Waals surface area contributed by atoms with Gasteiger partial charge in [0, 0.05) is 12.0 Å². The Hall–Kier alpha value is -3.39. The first-order valence-electron chi connectivity index (χ1n) is 11.5. The minimum atomic E-state index is -1.18. The number of rotatable bonds is 7. The van der Waals surface area contributed by atoms with Crippen LogP contribution in [0.3, 0.4) is 0 Å². The van der Waals surface area contributed by atoms with Crippen molar-refractivity contribution in [2.75, 3.05) is 19.8 Å². The highest BCUT2D eigenvalue weighted by Gasteiger charge is 2.47. The Morgan fingerprint density at radius 1 is 1.09 bits per heavy atom. The lowest BCUT2D eigenvalue weighted by molar-refractivity contribution is -0.149. The second-order valence-corrected chi connectivity index (χ2v) is 9.35. The van der Waals surface area contributed by atoms with Gasteiger partial charge in [-0.05, 0) is 36.1 Å². The van der Waals surface area contributed by atoms with Gasteiger partial charge < -0.3 is 25.2 Å². The van der Waals surface area contributed by atoms with Gasteiger partial charge in [-0.15, -0.1) is 0 Å². The fourth-order valence-electron chi connectivity index (χ4n) is 4.57. The molecule has 0 saturated carbocycles. The molecule has 4 rings (SSSR count). The molecule has 34 heavy (non-hydrogen) atoms. The third kappa shape index (κ3) is 4.37. The largest absolute Gasteiger partial charge is 0.481 e. The number of amides is 2. The number of carboxylic acid groups (broad SMARTS) is 1. The van der Waals surface area contributed by atoms with E-state index in [0.29, 0.717) is 0 Å². The molecule has 180 valence electrons. The van der Waals surface area contributed by atoms with Crippen molar-refractivity contribution in [3.8, 4) is 11.1 Å². The van der Waals surface area contributed by atoms with Crippen LogP contribution in [0.25, 0.3) is 11.1 Å². The number of aliphatic carboxylic acids is 1. The standard InChI is InChI=1S/C26H30N2O6/c1-15(23(29)28-22-13-33-14-26(22,3)24(30)31)16(2)27-25(32)34-12-21-19-10-6-4-8-17(19)18-9-5-7-11-20(18)21/h4-11,15-16,21-22H,12-14H2,1-3H3,(H,27,32)(H,28,29)(H,30,31). The van der Waals surface area contributed by atoms with Crippen molar-refractivity contribution >= 4 is 18.0 Å². The number of nitrogens with one attached hydrogen (secondary N) is 2. The molecule has 0 radical (unpaired) electrons. The van der Waals surface area contributed by atoms with Gasteiger partial charge in [-0.3, -0.25) is 9.59 Å². The molecule has 1 saturated heterocycles. The van der Waals surface area contributed by atoms with Crippen molar-refractivity contribution in [3.63, 3.8) is 0 Å². The Morgan fingerprint density at radius 2 is 1.68 bits per heavy atom. The Kier molecular flexibility index (Phi) is 6.61. The summed E-state index contributed by atoms with van der Waals surface area (Å²) in [6.07, 6.45) is -0.603. The predicted octanol–water partition coefficient (Wildman–Crippen LogP) is 3.16. The number of alkyl carbamates (subject to hydrolysis) is 1. The molecule has 0 spiro atoms. The van der Waals surface area contributed by atoms with E-state index in [9.17, 15) is 19.5 Å². The lowest BCUT2D eigenvalue weighted by atomic mass is 9.85. The number of hydrogen-bond donors (Lipinski definition) is 3. The molecular formula is C26H30N2O6. The van der Waals surface area contributed by atoms with Crippen molar-refractivity contribution in [1.82, 2.24) is 10.6 Å². The van der Waals surface area contributed by atoms with Crippen LogP contribution in [0.2, 0.25) is 0 Å². The number of fused-ring (bicyclic) bond motifs is 3. The van der Waals surface area contributed by atoms with Gasteiger partial charge in [0.05, 0.1) is 25.2 Å². The van der Waals surface area contributed by atoms with Crippen LogP contribution < -0.4 is 10.6 Å². The van der Waals surface area contributed by atoms with E-state index < -0.39 is 35.5 Å². The summed E-state index contributed by atoms with van der Waals surface area (Å²) in [5, 5.41) is 15.0. The number of carbonyl (C=O) groups excluding carboxylic acids is 2. The van der Waals surface area contributed by atoms with E-state index >= 15 is 0 Å². The van der Waals surface area contributed by atoms with Crippen LogP contribution in [0.4, 0.5) is 4.79 Å². The summed E-state index contributed by atoms with van der Waals surface area (Å²) in [5.74, 6) is -2.02. The zero-order valence-electron chi connectivity index (χ0n) is 19.5. The lowest BCUT2D eigenvalue weighted by Gasteiger charge is -2.28. The first-order chi connectivity index (χ1) is 16.2. The summed E-state index contributed by atoms with van der Waals surface area (Å²) in [6, 6.07) is 15.0. The number of carboxylic acids is 1. The van der Waals surface area contributed by atoms with Gasteiger partial charge >= 0.3 is 12.1 Å². The molecule has 1 fully saturated rings. The maximum Gasteiger partial charge on any atom is 0.407 e. The van der Waals surface area contributed by atoms with Gasteiger partial charge in [-0.1, -0.05) is 55.5 Å². The van der Waals surface area contributed by atoms with Crippen molar-refractivity contribution < 1.29 is 29.0 Å². The third-order valence-electron chi connectivity index (χ3n) is 7.11. The topological polar surface area (TPSA) is 114 Å². The second kappa shape index (κ2) is 9.46. The average Bonchev–Trinajstić information content (AvgIpc) is 3.35. The highest BCUT2D eigenvalue weighted by Crippen LogP contribution is 2.44. The fourth-order valence-corrected chi connectivity index (χ4v) is 4.57. The van der Waals surface area contributed by atoms with Crippen molar-refractivity contribution in [2.24, 2.45) is 11.3 Å². The molecule has 0 aromatic heterocycles. The van der Waals surface area contributed by atoms with E-state index in [1.54, 1.807) is 20.8 Å². The van der Waals surface area contributed by atoms with Crippen LogP contribution in [0, 0.1) is 11.3 Å². The minimum absolute atomic E-state index is 0.0369. The quantitative estimate of drug-likeness (QED) is 0.578. The minimum Gasteiger partial charge on any atom is -0.481 e. The molecule has 4 unspecified atom stereocenters. The molecule has 2 aromatic carbocycles. The van der Waals surface area contributed by atoms with Crippen LogP contribution in [0.1, 0.15) is 37.8 Å². The second-order valence-electron chi connectivity index (χ2n) is 9.35. The molecule has 3 N–H and O–H groups in total. The molecule has 1 aliphatic carbocycles. The Labute approximate surface area is 198 Å². The van der Waals surface area contributed by atoms with E-state index in [4.69, 9.17) is 9.47 Å². The van der Waals surface area contributed by atoms with Gasteiger partial charge in [0.2, 0.25) is 5.91 Å². The molecule has 8 nitrogen and oxygen atoms in total. The summed E-state index contributed by atoms with van der Waals surface area (Å²) in [5.41, 5.74) is 3.36. The highest BCUT2D eigenvalue weighted by molar-refractivity contribution is 5.83. The molecule has 2 aromatic rings. The Morgan fingerprint density at radius 3 is 2.26 bits per heavy atom. The first-order valence-corrected chi connectivity index (χ1v) is 11.5. The molecule has 1 aliphatic heterocycles. The zero-order valence-corrected chi connectivity index (χ0v) is 19.5. The van der Waals surface area contributed by atoms with Gasteiger partial charge in [0.25, 0.3) is 0 Å². The van der Waals surface area contributed by atoms with Crippen molar-refractivity contribution in [3.05, 3.63) is 59.7 Å². The van der Waals surface area contributed by atoms with Crippen molar-refractivity contribution in [2.45, 2.75) is 38.8 Å². The fraction of sp³-hybridized carbons (Fsp3) is 0.423. The summed E-state index contributed by atoms with van der Waals surface area (Å²) in [6.45, 7) is 5.30. The van der Waals surface area contributed by atoms with E-state index in [2.05, 4.69) is 22.8 Å². The van der Waals surface area contributed by atoms with Crippen LogP contribution in [-0.2, 0) is 19.1 Å². The van der Waals surface area contributed by atoms with E-state index in [1.807, 2.05) is 36.4 Å². The zero-order chi connectivity index (χ0) is 24.5. The number of carbonyl (C=O) groups is 3. The lowest BCUT2D eigenvalue weighted by Crippen LogP contribution is -2.53. The van der Waals surface area contributed by atoms with Gasteiger partial charge in [-0.25, -0.2) is 4.79 Å². The van der Waals surface area contributed by atoms with E-state index in [-0.39, 0.29) is 31.6 Å². The molecule has 0 bridgehead atoms. The highest BCUT2D eigenvalue weighted by atomic mass is 16.5. The van der Waals surface area contributed by atoms with Gasteiger partial charge in [0.15, 0.2) is 0 Å². The summed E-state index contributed by atoms with van der Waals surface area (Å²) in [7, 11) is 0. The number of ether oxygens (including phenoxy) is 2. The summed E-state index contributed by atoms with van der Waals surface area (Å²) in [4.78, 5) is 36.9. The summed E-state index contributed by atoms with van der Waals surface area (Å²) < 4.78 is 10.8. The average molecular weight is 467 g/mol. The third-order valence-corrected chi connectivity index (χ3v) is 7.11. The maximum atomic E-state index is 12.7. The Bertz CT molecular complexity index is 1060. The van der Waals surface area contributed by atoms with Gasteiger partial charge in [0.1, 0.15) is 12.0 Å². The van der Waals surface area contributed by atoms with Crippen LogP contribution in [-0.4, -0.2) is 55.0 Å². The van der Waals surface area contributed by atoms with Crippen molar-refractivity contribution in [1.29, 1.82) is 0 Å². The number of benzene rings is 2. The van der Waals surface area contributed by atoms with Gasteiger partial charge in [-0.2, -0.15) is 0 Å². The monoisotopic (exact) mass is 466 g/mol. The molecule has 1 heterocycles. The summed E-state index contributed by atoms with van der Waals surface area (Å²) >= 11 is 0. The SMILES string of the molecule is CC(NC(=O)OCC1c2ccccc2-c2ccccc21)C(C)C(=O)NC1COCC1(C)C(=O)O. The smallest absolute Gasteiger partial charge is 0.407 e.